The number of nitrogens with zero attached hydrogens (tertiary/aromatic N) is 1. The Morgan fingerprint density at radius 2 is 1.95 bits per heavy atom. The molecular weight excluding hydrogens is 274 g/mol. The van der Waals surface area contributed by atoms with Crippen LogP contribution in [0.1, 0.15) is 42.4 Å². The summed E-state index contributed by atoms with van der Waals surface area (Å²) in [7, 11) is 0. The van der Waals surface area contributed by atoms with E-state index in [9.17, 15) is 4.79 Å². The van der Waals surface area contributed by atoms with Crippen LogP contribution in [0.5, 0.6) is 0 Å². The minimum Gasteiger partial charge on any atom is -0.305 e. The van der Waals surface area contributed by atoms with Gasteiger partial charge in [-0.1, -0.05) is 32.4 Å². The van der Waals surface area contributed by atoms with Crippen LogP contribution in [0.15, 0.2) is 24.3 Å². The zero-order valence-electron chi connectivity index (χ0n) is 12.0. The SMILES string of the molecule is Cc1cc(Cl)cc(C(=O)Nc2cc(C(C)(C)C)[nH]n2)c1. The van der Waals surface area contributed by atoms with E-state index in [1.54, 1.807) is 12.1 Å². The summed E-state index contributed by atoms with van der Waals surface area (Å²) >= 11 is 5.96. The number of aromatic amines is 1. The Morgan fingerprint density at radius 3 is 2.50 bits per heavy atom. The molecule has 0 unspecified atom stereocenters. The summed E-state index contributed by atoms with van der Waals surface area (Å²) in [5.74, 6) is 0.292. The van der Waals surface area contributed by atoms with Crippen molar-refractivity contribution in [2.45, 2.75) is 33.1 Å². The van der Waals surface area contributed by atoms with E-state index in [4.69, 9.17) is 11.6 Å². The van der Waals surface area contributed by atoms with E-state index in [2.05, 4.69) is 36.3 Å². The Hall–Kier alpha value is -1.81. The van der Waals surface area contributed by atoms with Crippen molar-refractivity contribution in [2.75, 3.05) is 5.32 Å². The lowest BCUT2D eigenvalue weighted by atomic mass is 9.92. The number of aryl methyl sites for hydroxylation is 1. The van der Waals surface area contributed by atoms with Crippen molar-refractivity contribution >= 4 is 23.3 Å². The minimum atomic E-state index is -0.220. The second-order valence-corrected chi connectivity index (χ2v) is 6.32. The number of hydrogen-bond donors (Lipinski definition) is 2. The van der Waals surface area contributed by atoms with E-state index >= 15 is 0 Å². The number of hydrogen-bond acceptors (Lipinski definition) is 2. The van der Waals surface area contributed by atoms with Crippen LogP contribution in [-0.4, -0.2) is 16.1 Å². The van der Waals surface area contributed by atoms with Gasteiger partial charge in [0.1, 0.15) is 0 Å². The van der Waals surface area contributed by atoms with Gasteiger partial charge in [0.2, 0.25) is 0 Å². The molecule has 0 radical (unpaired) electrons. The summed E-state index contributed by atoms with van der Waals surface area (Å²) in [5.41, 5.74) is 2.40. The summed E-state index contributed by atoms with van der Waals surface area (Å²) in [6.45, 7) is 8.13. The average molecular weight is 292 g/mol. The number of rotatable bonds is 2. The Balaban J connectivity index is 2.17. The molecule has 0 atom stereocenters. The van der Waals surface area contributed by atoms with Crippen molar-refractivity contribution in [1.82, 2.24) is 10.2 Å². The number of aromatic nitrogens is 2. The molecule has 1 aromatic heterocycles. The standard InChI is InChI=1S/C15H18ClN3O/c1-9-5-10(7-11(16)6-9)14(20)17-13-8-12(18-19-13)15(2,3)4/h5-8H,1-4H3,(H2,17,18,19,20). The van der Waals surface area contributed by atoms with E-state index in [1.807, 2.05) is 19.1 Å². The van der Waals surface area contributed by atoms with Crippen molar-refractivity contribution in [1.29, 1.82) is 0 Å². The highest BCUT2D eigenvalue weighted by Crippen LogP contribution is 2.22. The first-order valence-electron chi connectivity index (χ1n) is 6.40. The largest absolute Gasteiger partial charge is 0.305 e. The van der Waals surface area contributed by atoms with Crippen LogP contribution in [0.2, 0.25) is 5.02 Å². The number of H-pyrrole nitrogens is 1. The number of anilines is 1. The maximum Gasteiger partial charge on any atom is 0.256 e. The van der Waals surface area contributed by atoms with Gasteiger partial charge in [-0.25, -0.2) is 0 Å². The maximum atomic E-state index is 12.2. The third kappa shape index (κ3) is 3.39. The van der Waals surface area contributed by atoms with E-state index in [0.717, 1.165) is 11.3 Å². The molecule has 0 saturated heterocycles. The maximum absolute atomic E-state index is 12.2. The topological polar surface area (TPSA) is 57.8 Å². The van der Waals surface area contributed by atoms with Gasteiger partial charge in [0, 0.05) is 27.8 Å². The summed E-state index contributed by atoms with van der Waals surface area (Å²) < 4.78 is 0. The van der Waals surface area contributed by atoms with Crippen molar-refractivity contribution < 1.29 is 4.79 Å². The first kappa shape index (κ1) is 14.6. The Kier molecular flexibility index (Phi) is 3.86. The molecule has 1 aromatic carbocycles. The number of nitrogens with one attached hydrogen (secondary N) is 2. The zero-order valence-corrected chi connectivity index (χ0v) is 12.8. The van der Waals surface area contributed by atoms with E-state index < -0.39 is 0 Å². The van der Waals surface area contributed by atoms with Crippen molar-refractivity contribution in [3.8, 4) is 0 Å². The van der Waals surface area contributed by atoms with Gasteiger partial charge in [-0.05, 0) is 30.7 Å². The summed E-state index contributed by atoms with van der Waals surface area (Å²) in [6, 6.07) is 7.08. The molecule has 4 nitrogen and oxygen atoms in total. The summed E-state index contributed by atoms with van der Waals surface area (Å²) in [4.78, 5) is 12.2. The lowest BCUT2D eigenvalue weighted by molar-refractivity contribution is 0.102. The Bertz CT molecular complexity index is 621. The van der Waals surface area contributed by atoms with Crippen LogP contribution in [0.4, 0.5) is 5.82 Å². The molecule has 2 aromatic rings. The zero-order chi connectivity index (χ0) is 14.9. The highest BCUT2D eigenvalue weighted by molar-refractivity contribution is 6.31. The van der Waals surface area contributed by atoms with Crippen LogP contribution in [0.3, 0.4) is 0 Å². The molecule has 106 valence electrons. The van der Waals surface area contributed by atoms with Gasteiger partial charge >= 0.3 is 0 Å². The van der Waals surface area contributed by atoms with Gasteiger partial charge in [0.25, 0.3) is 5.91 Å². The smallest absolute Gasteiger partial charge is 0.256 e. The molecule has 0 aliphatic heterocycles. The van der Waals surface area contributed by atoms with E-state index in [-0.39, 0.29) is 11.3 Å². The fraction of sp³-hybridized carbons (Fsp3) is 0.333. The Labute approximate surface area is 123 Å². The normalized spacial score (nSPS) is 11.4. The van der Waals surface area contributed by atoms with E-state index in [0.29, 0.717) is 16.4 Å². The Morgan fingerprint density at radius 1 is 1.25 bits per heavy atom. The van der Waals surface area contributed by atoms with Gasteiger partial charge < -0.3 is 5.32 Å². The highest BCUT2D eigenvalue weighted by Gasteiger charge is 2.17. The first-order valence-corrected chi connectivity index (χ1v) is 6.78. The quantitative estimate of drug-likeness (QED) is 0.881. The summed E-state index contributed by atoms with van der Waals surface area (Å²) in [5, 5.41) is 10.4. The van der Waals surface area contributed by atoms with Crippen molar-refractivity contribution in [3.05, 3.63) is 46.1 Å². The van der Waals surface area contributed by atoms with Gasteiger partial charge in [0.05, 0.1) is 0 Å². The number of halogens is 1. The number of amides is 1. The van der Waals surface area contributed by atoms with E-state index in [1.165, 1.54) is 0 Å². The predicted octanol–water partition coefficient (Wildman–Crippen LogP) is 3.92. The summed E-state index contributed by atoms with van der Waals surface area (Å²) in [6.07, 6.45) is 0. The fourth-order valence-corrected chi connectivity index (χ4v) is 2.12. The minimum absolute atomic E-state index is 0.0391. The molecule has 5 heteroatoms. The third-order valence-electron chi connectivity index (χ3n) is 2.93. The first-order chi connectivity index (χ1) is 9.25. The monoisotopic (exact) mass is 291 g/mol. The van der Waals surface area contributed by atoms with Gasteiger partial charge in [-0.15, -0.1) is 0 Å². The second kappa shape index (κ2) is 5.29. The van der Waals surface area contributed by atoms with Crippen molar-refractivity contribution in [2.24, 2.45) is 0 Å². The number of carbonyl (C=O) groups is 1. The van der Waals surface area contributed by atoms with Crippen LogP contribution in [-0.2, 0) is 5.41 Å². The second-order valence-electron chi connectivity index (χ2n) is 5.89. The molecule has 0 bridgehead atoms. The number of carbonyl (C=O) groups excluding carboxylic acids is 1. The lowest BCUT2D eigenvalue weighted by Gasteiger charge is -2.14. The van der Waals surface area contributed by atoms with Gasteiger partial charge in [0.15, 0.2) is 5.82 Å². The van der Waals surface area contributed by atoms with Crippen LogP contribution in [0, 0.1) is 6.92 Å². The fourth-order valence-electron chi connectivity index (χ4n) is 1.83. The molecule has 0 aliphatic rings. The molecule has 2 N–H and O–H groups in total. The van der Waals surface area contributed by atoms with Gasteiger partial charge in [-0.3, -0.25) is 9.89 Å². The molecule has 0 saturated carbocycles. The molecule has 1 amide bonds. The molecule has 0 spiro atoms. The van der Waals surface area contributed by atoms with Crippen LogP contribution < -0.4 is 5.32 Å². The predicted molar refractivity (Wildman–Crippen MR) is 81.4 cm³/mol. The van der Waals surface area contributed by atoms with Crippen molar-refractivity contribution in [3.63, 3.8) is 0 Å². The number of benzene rings is 1. The molecular formula is C15H18ClN3O. The van der Waals surface area contributed by atoms with Gasteiger partial charge in [-0.2, -0.15) is 5.10 Å². The molecule has 2 rings (SSSR count). The lowest BCUT2D eigenvalue weighted by Crippen LogP contribution is -2.12. The molecule has 0 fully saturated rings. The highest BCUT2D eigenvalue weighted by atomic mass is 35.5. The molecule has 20 heavy (non-hydrogen) atoms. The molecule has 1 heterocycles. The average Bonchev–Trinajstić information content (AvgIpc) is 2.75. The van der Waals surface area contributed by atoms with Crippen LogP contribution in [0.25, 0.3) is 0 Å². The third-order valence-corrected chi connectivity index (χ3v) is 3.15. The van der Waals surface area contributed by atoms with Crippen LogP contribution >= 0.6 is 11.6 Å². The molecule has 0 aliphatic carbocycles.